The zero-order valence-electron chi connectivity index (χ0n) is 13.4. The van der Waals surface area contributed by atoms with Gasteiger partial charge in [-0.25, -0.2) is 9.18 Å². The van der Waals surface area contributed by atoms with E-state index in [1.165, 1.54) is 6.92 Å². The first-order valence-electron chi connectivity index (χ1n) is 7.51. The summed E-state index contributed by atoms with van der Waals surface area (Å²) in [5, 5.41) is 2.14. The van der Waals surface area contributed by atoms with Gasteiger partial charge in [0.05, 0.1) is 17.7 Å². The maximum Gasteiger partial charge on any atom is 0.416 e. The minimum atomic E-state index is -4.70. The molecule has 0 fully saturated rings. The summed E-state index contributed by atoms with van der Waals surface area (Å²) in [6.45, 7) is 3.48. The zero-order chi connectivity index (χ0) is 18.3. The molecule has 1 rings (SSSR count). The first-order valence-corrected chi connectivity index (χ1v) is 7.51. The molecule has 4 nitrogen and oxygen atoms in total. The highest BCUT2D eigenvalue weighted by Gasteiger charge is 2.32. The van der Waals surface area contributed by atoms with E-state index in [2.05, 4.69) is 5.32 Å². The van der Waals surface area contributed by atoms with Crippen LogP contribution in [0.25, 0.3) is 0 Å². The van der Waals surface area contributed by atoms with E-state index in [-0.39, 0.29) is 6.61 Å². The number of hydrogen-bond donors (Lipinski definition) is 1. The summed E-state index contributed by atoms with van der Waals surface area (Å²) >= 11 is 0. The lowest BCUT2D eigenvalue weighted by Gasteiger charge is -2.14. The molecular formula is C16H19F4NO3. The van der Waals surface area contributed by atoms with Crippen LogP contribution in [-0.4, -0.2) is 24.5 Å². The van der Waals surface area contributed by atoms with Gasteiger partial charge in [-0.05, 0) is 31.5 Å². The molecule has 0 saturated carbocycles. The van der Waals surface area contributed by atoms with Gasteiger partial charge >= 0.3 is 12.1 Å². The van der Waals surface area contributed by atoms with Crippen LogP contribution in [0.1, 0.15) is 49.0 Å². The second-order valence-electron chi connectivity index (χ2n) is 5.26. The molecule has 0 spiro atoms. The van der Waals surface area contributed by atoms with Crippen molar-refractivity contribution in [3.05, 3.63) is 35.1 Å². The maximum absolute atomic E-state index is 13.6. The molecule has 134 valence electrons. The van der Waals surface area contributed by atoms with Crippen molar-refractivity contribution >= 4 is 11.9 Å². The van der Waals surface area contributed by atoms with E-state index in [1.54, 1.807) is 0 Å². The fraction of sp³-hybridized carbons (Fsp3) is 0.500. The molecule has 8 heteroatoms. The van der Waals surface area contributed by atoms with Crippen LogP contribution in [0.2, 0.25) is 0 Å². The third-order valence-electron chi connectivity index (χ3n) is 3.23. The first-order chi connectivity index (χ1) is 11.2. The van der Waals surface area contributed by atoms with Crippen molar-refractivity contribution in [3.63, 3.8) is 0 Å². The number of amides is 1. The third kappa shape index (κ3) is 5.82. The molecule has 0 aliphatic rings. The lowest BCUT2D eigenvalue weighted by Crippen LogP contribution is -2.40. The van der Waals surface area contributed by atoms with Gasteiger partial charge in [-0.1, -0.05) is 19.8 Å². The molecule has 0 heterocycles. The summed E-state index contributed by atoms with van der Waals surface area (Å²) in [7, 11) is 0. The van der Waals surface area contributed by atoms with Crippen molar-refractivity contribution in [2.75, 3.05) is 6.61 Å². The quantitative estimate of drug-likeness (QED) is 0.464. The first kappa shape index (κ1) is 19.9. The predicted molar refractivity (Wildman–Crippen MR) is 78.8 cm³/mol. The molecule has 1 aromatic rings. The fourth-order valence-corrected chi connectivity index (χ4v) is 1.86. The highest BCUT2D eigenvalue weighted by molar-refractivity contribution is 5.97. The van der Waals surface area contributed by atoms with Crippen LogP contribution in [0.3, 0.4) is 0 Å². The normalized spacial score (nSPS) is 12.6. The van der Waals surface area contributed by atoms with Crippen molar-refractivity contribution in [1.82, 2.24) is 5.32 Å². The lowest BCUT2D eigenvalue weighted by atomic mass is 10.1. The van der Waals surface area contributed by atoms with E-state index in [0.29, 0.717) is 24.6 Å². The van der Waals surface area contributed by atoms with Gasteiger partial charge in [0.25, 0.3) is 5.91 Å². The maximum atomic E-state index is 13.6. The Bertz CT molecular complexity index is 587. The van der Waals surface area contributed by atoms with E-state index in [9.17, 15) is 27.2 Å². The number of halogens is 4. The molecule has 1 unspecified atom stereocenters. The Labute approximate surface area is 137 Å². The number of carbonyl (C=O) groups is 2. The Morgan fingerprint density at radius 1 is 1.25 bits per heavy atom. The third-order valence-corrected chi connectivity index (χ3v) is 3.23. The SMILES string of the molecule is CCCCCOC(=O)C(C)NC(=O)c1cc(C(F)(F)F)ccc1F. The smallest absolute Gasteiger partial charge is 0.416 e. The summed E-state index contributed by atoms with van der Waals surface area (Å²) in [6, 6.07) is 0.403. The molecule has 0 bridgehead atoms. The van der Waals surface area contributed by atoms with Gasteiger partial charge < -0.3 is 10.1 Å². The van der Waals surface area contributed by atoms with Crippen molar-refractivity contribution < 1.29 is 31.9 Å². The molecule has 1 atom stereocenters. The zero-order valence-corrected chi connectivity index (χ0v) is 13.4. The van der Waals surface area contributed by atoms with E-state index in [0.717, 1.165) is 12.8 Å². The van der Waals surface area contributed by atoms with Crippen LogP contribution in [0.5, 0.6) is 0 Å². The molecule has 1 N–H and O–H groups in total. The summed E-state index contributed by atoms with van der Waals surface area (Å²) in [6.07, 6.45) is -2.21. The van der Waals surface area contributed by atoms with E-state index in [1.807, 2.05) is 6.92 Å². The number of alkyl halides is 3. The Morgan fingerprint density at radius 2 is 1.92 bits per heavy atom. The van der Waals surface area contributed by atoms with Gasteiger partial charge in [-0.2, -0.15) is 13.2 Å². The van der Waals surface area contributed by atoms with E-state index >= 15 is 0 Å². The molecule has 0 saturated heterocycles. The highest BCUT2D eigenvalue weighted by atomic mass is 19.4. The number of hydrogen-bond acceptors (Lipinski definition) is 3. The van der Waals surface area contributed by atoms with Gasteiger partial charge in [-0.15, -0.1) is 0 Å². The molecular weight excluding hydrogens is 330 g/mol. The van der Waals surface area contributed by atoms with Gasteiger partial charge in [0, 0.05) is 0 Å². The largest absolute Gasteiger partial charge is 0.464 e. The van der Waals surface area contributed by atoms with Crippen LogP contribution in [0, 0.1) is 5.82 Å². The van der Waals surface area contributed by atoms with Gasteiger partial charge in [0.15, 0.2) is 0 Å². The van der Waals surface area contributed by atoms with Crippen LogP contribution in [0.15, 0.2) is 18.2 Å². The average Bonchev–Trinajstić information content (AvgIpc) is 2.50. The van der Waals surface area contributed by atoms with Gasteiger partial charge in [0.2, 0.25) is 0 Å². The van der Waals surface area contributed by atoms with Crippen LogP contribution < -0.4 is 5.32 Å². The molecule has 0 aliphatic carbocycles. The topological polar surface area (TPSA) is 55.4 Å². The van der Waals surface area contributed by atoms with Crippen molar-refractivity contribution in [2.45, 2.75) is 45.3 Å². The van der Waals surface area contributed by atoms with E-state index in [4.69, 9.17) is 4.74 Å². The minimum absolute atomic E-state index is 0.185. The van der Waals surface area contributed by atoms with Crippen molar-refractivity contribution in [1.29, 1.82) is 0 Å². The number of unbranched alkanes of at least 4 members (excludes halogenated alkanes) is 2. The number of esters is 1. The Balaban J connectivity index is 2.72. The highest BCUT2D eigenvalue weighted by Crippen LogP contribution is 2.30. The van der Waals surface area contributed by atoms with Crippen molar-refractivity contribution in [2.24, 2.45) is 0 Å². The lowest BCUT2D eigenvalue weighted by molar-refractivity contribution is -0.145. The second kappa shape index (κ2) is 8.65. The minimum Gasteiger partial charge on any atom is -0.464 e. The predicted octanol–water partition coefficient (Wildman–Crippen LogP) is 3.70. The summed E-state index contributed by atoms with van der Waals surface area (Å²) < 4.78 is 56.4. The monoisotopic (exact) mass is 349 g/mol. The Hall–Kier alpha value is -2.12. The molecule has 0 aromatic heterocycles. The van der Waals surface area contributed by atoms with Crippen molar-refractivity contribution in [3.8, 4) is 0 Å². The second-order valence-corrected chi connectivity index (χ2v) is 5.26. The Kier molecular flexibility index (Phi) is 7.18. The summed E-state index contributed by atoms with van der Waals surface area (Å²) in [5.74, 6) is -2.95. The van der Waals surface area contributed by atoms with E-state index < -0.39 is 41.0 Å². The van der Waals surface area contributed by atoms with Crippen LogP contribution >= 0.6 is 0 Å². The molecule has 24 heavy (non-hydrogen) atoms. The number of nitrogens with one attached hydrogen (secondary N) is 1. The fourth-order valence-electron chi connectivity index (χ4n) is 1.86. The molecule has 1 aromatic carbocycles. The number of benzene rings is 1. The number of carbonyl (C=O) groups excluding carboxylic acids is 2. The average molecular weight is 349 g/mol. The van der Waals surface area contributed by atoms with Crippen LogP contribution in [-0.2, 0) is 15.7 Å². The Morgan fingerprint density at radius 3 is 2.50 bits per heavy atom. The van der Waals surface area contributed by atoms with Gasteiger partial charge in [0.1, 0.15) is 11.9 Å². The van der Waals surface area contributed by atoms with Crippen LogP contribution in [0.4, 0.5) is 17.6 Å². The summed E-state index contributed by atoms with van der Waals surface area (Å²) in [4.78, 5) is 23.6. The standard InChI is InChI=1S/C16H19F4NO3/c1-3-4-5-8-24-15(23)10(2)21-14(22)12-9-11(16(18,19)20)6-7-13(12)17/h6-7,9-10H,3-5,8H2,1-2H3,(H,21,22). The number of ether oxygens (including phenoxy) is 1. The summed E-state index contributed by atoms with van der Waals surface area (Å²) in [5.41, 5.74) is -1.93. The molecule has 0 radical (unpaired) electrons. The van der Waals surface area contributed by atoms with Gasteiger partial charge in [-0.3, -0.25) is 4.79 Å². The molecule has 0 aliphatic heterocycles. The molecule has 1 amide bonds. The number of rotatable bonds is 7.